The zero-order valence-corrected chi connectivity index (χ0v) is 13.7. The summed E-state index contributed by atoms with van der Waals surface area (Å²) in [5, 5.41) is 3.05. The number of carbonyl (C=O) groups is 1. The van der Waals surface area contributed by atoms with Gasteiger partial charge in [-0.3, -0.25) is 4.79 Å². The summed E-state index contributed by atoms with van der Waals surface area (Å²) in [7, 11) is 0. The largest absolute Gasteiger partial charge is 0.330 e. The van der Waals surface area contributed by atoms with Crippen molar-refractivity contribution < 1.29 is 4.79 Å². The first-order valence-electron chi connectivity index (χ1n) is 6.05. The summed E-state index contributed by atoms with van der Waals surface area (Å²) in [5.74, 6) is -0.366. The molecule has 0 fully saturated rings. The van der Waals surface area contributed by atoms with E-state index in [0.717, 1.165) is 4.47 Å². The van der Waals surface area contributed by atoms with E-state index in [9.17, 15) is 4.79 Å². The van der Waals surface area contributed by atoms with E-state index in [-0.39, 0.29) is 22.4 Å². The Labute approximate surface area is 127 Å². The lowest BCUT2D eigenvalue weighted by atomic mass is 9.84. The van der Waals surface area contributed by atoms with Crippen LogP contribution in [0.4, 0.5) is 5.69 Å². The minimum Gasteiger partial charge on any atom is -0.330 e. The molecule has 0 saturated heterocycles. The Hall–Kier alpha value is -0.650. The first-order valence-corrected chi connectivity index (χ1v) is 7.22. The SMILES string of the molecule is CC(C)(C)CC(CN)C(=O)Nc1cc(Br)cnc1Cl. The molecule has 1 aromatic rings. The van der Waals surface area contributed by atoms with Crippen LogP contribution >= 0.6 is 27.5 Å². The van der Waals surface area contributed by atoms with E-state index in [1.54, 1.807) is 12.3 Å². The summed E-state index contributed by atoms with van der Waals surface area (Å²) < 4.78 is 0.757. The van der Waals surface area contributed by atoms with E-state index >= 15 is 0 Å². The second-order valence-corrected chi connectivity index (χ2v) is 6.95. The molecule has 106 valence electrons. The van der Waals surface area contributed by atoms with Crippen LogP contribution < -0.4 is 11.1 Å². The number of hydrogen-bond donors (Lipinski definition) is 2. The Morgan fingerprint density at radius 1 is 1.58 bits per heavy atom. The number of halogens is 2. The Kier molecular flexibility index (Phi) is 5.77. The number of anilines is 1. The average molecular weight is 349 g/mol. The molecule has 3 N–H and O–H groups in total. The third-order valence-electron chi connectivity index (χ3n) is 2.58. The molecule has 0 radical (unpaired) electrons. The van der Waals surface area contributed by atoms with E-state index in [1.165, 1.54) is 0 Å². The first kappa shape index (κ1) is 16.4. The van der Waals surface area contributed by atoms with Crippen molar-refractivity contribution in [1.29, 1.82) is 0 Å². The summed E-state index contributed by atoms with van der Waals surface area (Å²) in [4.78, 5) is 16.2. The van der Waals surface area contributed by atoms with Gasteiger partial charge in [0.2, 0.25) is 5.91 Å². The fourth-order valence-corrected chi connectivity index (χ4v) is 2.25. The predicted octanol–water partition coefficient (Wildman–Crippen LogP) is 3.45. The molecule has 0 aliphatic carbocycles. The third-order valence-corrected chi connectivity index (χ3v) is 3.31. The summed E-state index contributed by atoms with van der Waals surface area (Å²) >= 11 is 9.24. The maximum atomic E-state index is 12.2. The molecule has 0 spiro atoms. The molecule has 1 atom stereocenters. The number of aromatic nitrogens is 1. The molecule has 6 heteroatoms. The van der Waals surface area contributed by atoms with Crippen molar-refractivity contribution in [1.82, 2.24) is 4.98 Å². The molecule has 1 amide bonds. The van der Waals surface area contributed by atoms with Gasteiger partial charge < -0.3 is 11.1 Å². The maximum absolute atomic E-state index is 12.2. The minimum atomic E-state index is -0.241. The molecular formula is C13H19BrClN3O. The highest BCUT2D eigenvalue weighted by atomic mass is 79.9. The number of pyridine rings is 1. The molecule has 1 heterocycles. The van der Waals surface area contributed by atoms with E-state index in [2.05, 4.69) is 47.0 Å². The van der Waals surface area contributed by atoms with Gasteiger partial charge in [0.05, 0.1) is 11.6 Å². The number of rotatable bonds is 4. The second-order valence-electron chi connectivity index (χ2n) is 5.68. The topological polar surface area (TPSA) is 68.0 Å². The molecule has 1 aromatic heterocycles. The van der Waals surface area contributed by atoms with Crippen molar-refractivity contribution in [2.75, 3.05) is 11.9 Å². The van der Waals surface area contributed by atoms with Gasteiger partial charge in [0.25, 0.3) is 0 Å². The lowest BCUT2D eigenvalue weighted by molar-refractivity contribution is -0.120. The zero-order valence-electron chi connectivity index (χ0n) is 11.3. The van der Waals surface area contributed by atoms with Crippen LogP contribution in [0.25, 0.3) is 0 Å². The number of nitrogens with zero attached hydrogens (tertiary/aromatic N) is 1. The fraction of sp³-hybridized carbons (Fsp3) is 0.538. The summed E-state index contributed by atoms with van der Waals surface area (Å²) in [6.07, 6.45) is 2.29. The van der Waals surface area contributed by atoms with Crippen LogP contribution in [0.15, 0.2) is 16.7 Å². The van der Waals surface area contributed by atoms with Gasteiger partial charge in [-0.15, -0.1) is 0 Å². The lowest BCUT2D eigenvalue weighted by Gasteiger charge is -2.24. The van der Waals surface area contributed by atoms with Gasteiger partial charge in [0.15, 0.2) is 5.15 Å². The van der Waals surface area contributed by atoms with E-state index in [0.29, 0.717) is 18.7 Å². The van der Waals surface area contributed by atoms with Crippen LogP contribution in [0.2, 0.25) is 5.15 Å². The zero-order chi connectivity index (χ0) is 14.6. The molecule has 0 bridgehead atoms. The van der Waals surface area contributed by atoms with Crippen LogP contribution in [0.5, 0.6) is 0 Å². The summed E-state index contributed by atoms with van der Waals surface area (Å²) in [6, 6.07) is 1.72. The molecule has 0 aliphatic rings. The highest BCUT2D eigenvalue weighted by molar-refractivity contribution is 9.10. The van der Waals surface area contributed by atoms with Crippen LogP contribution in [-0.4, -0.2) is 17.4 Å². The van der Waals surface area contributed by atoms with Crippen LogP contribution in [0.1, 0.15) is 27.2 Å². The average Bonchev–Trinajstić information content (AvgIpc) is 2.29. The predicted molar refractivity (Wildman–Crippen MR) is 82.2 cm³/mol. The lowest BCUT2D eigenvalue weighted by Crippen LogP contribution is -2.32. The first-order chi connectivity index (χ1) is 8.73. The van der Waals surface area contributed by atoms with Gasteiger partial charge in [-0.2, -0.15) is 0 Å². The smallest absolute Gasteiger partial charge is 0.228 e. The number of nitrogens with one attached hydrogen (secondary N) is 1. The van der Waals surface area contributed by atoms with Crippen LogP contribution in [-0.2, 0) is 4.79 Å². The van der Waals surface area contributed by atoms with Crippen molar-refractivity contribution in [2.24, 2.45) is 17.1 Å². The monoisotopic (exact) mass is 347 g/mol. The number of hydrogen-bond acceptors (Lipinski definition) is 3. The van der Waals surface area contributed by atoms with E-state index in [1.807, 2.05) is 0 Å². The molecule has 0 aliphatic heterocycles. The van der Waals surface area contributed by atoms with Crippen molar-refractivity contribution in [2.45, 2.75) is 27.2 Å². The van der Waals surface area contributed by atoms with Gasteiger partial charge in [-0.05, 0) is 33.8 Å². The second kappa shape index (κ2) is 6.68. The molecule has 19 heavy (non-hydrogen) atoms. The Bertz CT molecular complexity index is 460. The Morgan fingerprint density at radius 2 is 2.21 bits per heavy atom. The number of amides is 1. The van der Waals surface area contributed by atoms with Crippen molar-refractivity contribution >= 4 is 39.1 Å². The standard InChI is InChI=1S/C13H19BrClN3O/c1-13(2,3)5-8(6-16)12(19)18-10-4-9(14)7-17-11(10)15/h4,7-8H,5-6,16H2,1-3H3,(H,18,19). The van der Waals surface area contributed by atoms with Gasteiger partial charge >= 0.3 is 0 Å². The maximum Gasteiger partial charge on any atom is 0.228 e. The molecule has 4 nitrogen and oxygen atoms in total. The van der Waals surface area contributed by atoms with E-state index in [4.69, 9.17) is 17.3 Å². The Balaban J connectivity index is 2.80. The molecule has 0 aromatic carbocycles. The van der Waals surface area contributed by atoms with Gasteiger partial charge in [-0.25, -0.2) is 4.98 Å². The third kappa shape index (κ3) is 5.47. The quantitative estimate of drug-likeness (QED) is 0.819. The normalized spacial score (nSPS) is 13.2. The minimum absolute atomic E-state index is 0.0424. The summed E-state index contributed by atoms with van der Waals surface area (Å²) in [6.45, 7) is 6.55. The summed E-state index contributed by atoms with van der Waals surface area (Å²) in [5.41, 5.74) is 6.22. The van der Waals surface area contributed by atoms with Gasteiger partial charge in [0, 0.05) is 17.2 Å². The molecular weight excluding hydrogens is 330 g/mol. The number of carbonyl (C=O) groups excluding carboxylic acids is 1. The van der Waals surface area contributed by atoms with Crippen molar-refractivity contribution in [3.8, 4) is 0 Å². The van der Waals surface area contributed by atoms with Crippen LogP contribution in [0, 0.1) is 11.3 Å². The molecule has 0 saturated carbocycles. The van der Waals surface area contributed by atoms with Crippen LogP contribution in [0.3, 0.4) is 0 Å². The molecule has 1 unspecified atom stereocenters. The van der Waals surface area contributed by atoms with Crippen molar-refractivity contribution in [3.63, 3.8) is 0 Å². The number of nitrogens with two attached hydrogens (primary N) is 1. The Morgan fingerprint density at radius 3 is 2.74 bits per heavy atom. The highest BCUT2D eigenvalue weighted by Crippen LogP contribution is 2.27. The van der Waals surface area contributed by atoms with Crippen molar-refractivity contribution in [3.05, 3.63) is 21.9 Å². The van der Waals surface area contributed by atoms with Gasteiger partial charge in [-0.1, -0.05) is 32.4 Å². The highest BCUT2D eigenvalue weighted by Gasteiger charge is 2.24. The molecule has 1 rings (SSSR count). The van der Waals surface area contributed by atoms with Gasteiger partial charge in [0.1, 0.15) is 0 Å². The van der Waals surface area contributed by atoms with E-state index < -0.39 is 0 Å². The fourth-order valence-electron chi connectivity index (χ4n) is 1.77.